The second kappa shape index (κ2) is 5.95. The molecule has 0 aliphatic heterocycles. The minimum Gasteiger partial charge on any atom is -0.382 e. The Morgan fingerprint density at radius 2 is 2.18 bits per heavy atom. The molecule has 0 aliphatic rings. The van der Waals surface area contributed by atoms with E-state index in [2.05, 4.69) is 18.3 Å². The lowest BCUT2D eigenvalue weighted by Crippen LogP contribution is -2.39. The Kier molecular flexibility index (Phi) is 4.86. The molecule has 0 aromatic heterocycles. The number of rotatable bonds is 5. The third-order valence-electron chi connectivity index (χ3n) is 2.17. The average molecular weight is 249 g/mol. The van der Waals surface area contributed by atoms with Crippen molar-refractivity contribution in [3.63, 3.8) is 0 Å². The molecule has 0 radical (unpaired) electrons. The maximum Gasteiger partial charge on any atom is 0.102 e. The van der Waals surface area contributed by atoms with Crippen LogP contribution < -0.4 is 11.1 Å². The Morgan fingerprint density at radius 3 is 2.71 bits per heavy atom. The fourth-order valence-corrected chi connectivity index (χ4v) is 2.18. The minimum absolute atomic E-state index is 0.291. The first-order chi connectivity index (χ1) is 7.98. The summed E-state index contributed by atoms with van der Waals surface area (Å²) < 4.78 is 0. The molecule has 1 aromatic rings. The van der Waals surface area contributed by atoms with E-state index in [0.29, 0.717) is 12.1 Å². The van der Waals surface area contributed by atoms with Crippen LogP contribution in [0.5, 0.6) is 0 Å². The van der Waals surface area contributed by atoms with E-state index in [9.17, 15) is 5.26 Å². The lowest BCUT2D eigenvalue weighted by molar-refractivity contribution is 0.549. The Bertz CT molecular complexity index is 416. The SMILES string of the molecule is CCSc1cccc(NCC(C)(C)N)c1C#N. The van der Waals surface area contributed by atoms with Crippen LogP contribution in [-0.4, -0.2) is 17.8 Å². The lowest BCUT2D eigenvalue weighted by Gasteiger charge is -2.20. The maximum atomic E-state index is 9.22. The van der Waals surface area contributed by atoms with Crippen molar-refractivity contribution in [2.45, 2.75) is 31.2 Å². The van der Waals surface area contributed by atoms with Crippen molar-refractivity contribution < 1.29 is 0 Å². The van der Waals surface area contributed by atoms with Crippen molar-refractivity contribution in [3.8, 4) is 6.07 Å². The normalized spacial score (nSPS) is 11.0. The highest BCUT2D eigenvalue weighted by atomic mass is 32.2. The summed E-state index contributed by atoms with van der Waals surface area (Å²) in [6.45, 7) is 6.63. The Balaban J connectivity index is 2.92. The third kappa shape index (κ3) is 4.29. The number of nitrogens with zero attached hydrogens (tertiary/aromatic N) is 1. The minimum atomic E-state index is -0.291. The van der Waals surface area contributed by atoms with Crippen molar-refractivity contribution in [2.75, 3.05) is 17.6 Å². The van der Waals surface area contributed by atoms with Crippen LogP contribution in [0.2, 0.25) is 0 Å². The van der Waals surface area contributed by atoms with Gasteiger partial charge in [0.2, 0.25) is 0 Å². The first-order valence-corrected chi connectivity index (χ1v) is 6.65. The summed E-state index contributed by atoms with van der Waals surface area (Å²) in [5.41, 5.74) is 7.21. The van der Waals surface area contributed by atoms with Gasteiger partial charge in [-0.1, -0.05) is 13.0 Å². The fraction of sp³-hybridized carbons (Fsp3) is 0.462. The number of hydrogen-bond acceptors (Lipinski definition) is 4. The van der Waals surface area contributed by atoms with E-state index < -0.39 is 0 Å². The predicted molar refractivity (Wildman–Crippen MR) is 74.3 cm³/mol. The van der Waals surface area contributed by atoms with E-state index in [0.717, 1.165) is 16.3 Å². The molecule has 0 atom stereocenters. The van der Waals surface area contributed by atoms with E-state index in [4.69, 9.17) is 5.73 Å². The molecule has 17 heavy (non-hydrogen) atoms. The predicted octanol–water partition coefficient (Wildman–Crippen LogP) is 2.82. The molecule has 3 N–H and O–H groups in total. The maximum absolute atomic E-state index is 9.22. The third-order valence-corrected chi connectivity index (χ3v) is 3.11. The highest BCUT2D eigenvalue weighted by Gasteiger charge is 2.13. The summed E-state index contributed by atoms with van der Waals surface area (Å²) >= 11 is 1.68. The standard InChI is InChI=1S/C13H19N3S/c1-4-17-12-7-5-6-11(10(12)8-14)16-9-13(2,3)15/h5-7,16H,4,9,15H2,1-3H3. The van der Waals surface area contributed by atoms with Crippen molar-refractivity contribution in [2.24, 2.45) is 5.73 Å². The van der Waals surface area contributed by atoms with Crippen molar-refractivity contribution in [1.82, 2.24) is 0 Å². The summed E-state index contributed by atoms with van der Waals surface area (Å²) in [4.78, 5) is 1.02. The van der Waals surface area contributed by atoms with Crippen LogP contribution >= 0.6 is 11.8 Å². The van der Waals surface area contributed by atoms with Crippen LogP contribution in [0.15, 0.2) is 23.1 Å². The molecule has 0 aliphatic carbocycles. The molecule has 0 unspecified atom stereocenters. The van der Waals surface area contributed by atoms with Gasteiger partial charge in [-0.2, -0.15) is 5.26 Å². The van der Waals surface area contributed by atoms with E-state index in [1.54, 1.807) is 11.8 Å². The van der Waals surface area contributed by atoms with Gasteiger partial charge in [-0.3, -0.25) is 0 Å². The van der Waals surface area contributed by atoms with Gasteiger partial charge in [-0.25, -0.2) is 0 Å². The van der Waals surface area contributed by atoms with Gasteiger partial charge < -0.3 is 11.1 Å². The molecule has 0 fully saturated rings. The number of benzene rings is 1. The number of thioether (sulfide) groups is 1. The molecule has 1 rings (SSSR count). The average Bonchev–Trinajstić information content (AvgIpc) is 2.26. The Labute approximate surface area is 107 Å². The molecule has 1 aromatic carbocycles. The summed E-state index contributed by atoms with van der Waals surface area (Å²) in [7, 11) is 0. The highest BCUT2D eigenvalue weighted by Crippen LogP contribution is 2.27. The van der Waals surface area contributed by atoms with Gasteiger partial charge in [0.1, 0.15) is 6.07 Å². The smallest absolute Gasteiger partial charge is 0.102 e. The molecule has 0 amide bonds. The van der Waals surface area contributed by atoms with E-state index in [1.807, 2.05) is 32.0 Å². The van der Waals surface area contributed by atoms with E-state index >= 15 is 0 Å². The van der Waals surface area contributed by atoms with Crippen LogP contribution in [0.25, 0.3) is 0 Å². The topological polar surface area (TPSA) is 61.8 Å². The summed E-state index contributed by atoms with van der Waals surface area (Å²) in [6.07, 6.45) is 0. The molecule has 3 nitrogen and oxygen atoms in total. The van der Waals surface area contributed by atoms with Gasteiger partial charge in [0.25, 0.3) is 0 Å². The number of nitriles is 1. The van der Waals surface area contributed by atoms with Crippen LogP contribution in [0, 0.1) is 11.3 Å². The molecule has 0 saturated carbocycles. The quantitative estimate of drug-likeness (QED) is 0.788. The van der Waals surface area contributed by atoms with E-state index in [1.165, 1.54) is 0 Å². The fourth-order valence-electron chi connectivity index (χ4n) is 1.39. The molecule has 0 spiro atoms. The first-order valence-electron chi connectivity index (χ1n) is 5.66. The molecule has 0 heterocycles. The van der Waals surface area contributed by atoms with Gasteiger partial charge in [-0.05, 0) is 31.7 Å². The van der Waals surface area contributed by atoms with Gasteiger partial charge in [0.15, 0.2) is 0 Å². The van der Waals surface area contributed by atoms with Crippen molar-refractivity contribution in [1.29, 1.82) is 5.26 Å². The van der Waals surface area contributed by atoms with Crippen LogP contribution in [0.1, 0.15) is 26.3 Å². The van der Waals surface area contributed by atoms with Crippen LogP contribution in [0.4, 0.5) is 5.69 Å². The van der Waals surface area contributed by atoms with Gasteiger partial charge in [-0.15, -0.1) is 11.8 Å². The number of hydrogen-bond donors (Lipinski definition) is 2. The zero-order valence-corrected chi connectivity index (χ0v) is 11.4. The van der Waals surface area contributed by atoms with Gasteiger partial charge in [0.05, 0.1) is 11.3 Å². The molecule has 0 saturated heterocycles. The van der Waals surface area contributed by atoms with Gasteiger partial charge >= 0.3 is 0 Å². The molecule has 92 valence electrons. The highest BCUT2D eigenvalue weighted by molar-refractivity contribution is 7.99. The summed E-state index contributed by atoms with van der Waals surface area (Å²) in [5.74, 6) is 0.959. The second-order valence-electron chi connectivity index (χ2n) is 4.57. The molecule has 0 bridgehead atoms. The Hall–Kier alpha value is -1.18. The second-order valence-corrected chi connectivity index (χ2v) is 5.87. The first kappa shape index (κ1) is 13.9. The Morgan fingerprint density at radius 1 is 1.47 bits per heavy atom. The van der Waals surface area contributed by atoms with Crippen molar-refractivity contribution in [3.05, 3.63) is 23.8 Å². The van der Waals surface area contributed by atoms with Crippen molar-refractivity contribution >= 4 is 17.4 Å². The lowest BCUT2D eigenvalue weighted by atomic mass is 10.1. The van der Waals surface area contributed by atoms with Crippen LogP contribution in [-0.2, 0) is 0 Å². The van der Waals surface area contributed by atoms with E-state index in [-0.39, 0.29) is 5.54 Å². The molecular weight excluding hydrogens is 230 g/mol. The summed E-state index contributed by atoms with van der Waals surface area (Å²) in [6, 6.07) is 8.12. The number of anilines is 1. The zero-order chi connectivity index (χ0) is 12.9. The zero-order valence-electron chi connectivity index (χ0n) is 10.6. The van der Waals surface area contributed by atoms with Crippen LogP contribution in [0.3, 0.4) is 0 Å². The molecule has 4 heteroatoms. The molecular formula is C13H19N3S. The monoisotopic (exact) mass is 249 g/mol. The van der Waals surface area contributed by atoms with Gasteiger partial charge in [0, 0.05) is 17.0 Å². The summed E-state index contributed by atoms with van der Waals surface area (Å²) in [5, 5.41) is 12.5. The largest absolute Gasteiger partial charge is 0.382 e. The number of nitrogens with one attached hydrogen (secondary N) is 1. The number of nitrogens with two attached hydrogens (primary N) is 1.